The predicted octanol–water partition coefficient (Wildman–Crippen LogP) is 3.67. The van der Waals surface area contributed by atoms with Crippen LogP contribution in [0.25, 0.3) is 0 Å². The van der Waals surface area contributed by atoms with Gasteiger partial charge in [0.1, 0.15) is 30.8 Å². The van der Waals surface area contributed by atoms with Gasteiger partial charge in [-0.05, 0) is 139 Å². The molecule has 7 rings (SSSR count). The summed E-state index contributed by atoms with van der Waals surface area (Å²) in [5, 5.41) is 18.1. The van der Waals surface area contributed by atoms with Gasteiger partial charge in [-0.2, -0.15) is 0 Å². The van der Waals surface area contributed by atoms with Crippen molar-refractivity contribution < 1.29 is 33.5 Å². The molecule has 0 saturated carbocycles. The smallest absolute Gasteiger partial charge is 0.250 e. The van der Waals surface area contributed by atoms with Crippen molar-refractivity contribution in [2.45, 2.75) is 139 Å². The molecule has 6 amide bonds. The van der Waals surface area contributed by atoms with Crippen molar-refractivity contribution in [3.63, 3.8) is 0 Å². The second-order valence-electron chi connectivity index (χ2n) is 18.6. The summed E-state index contributed by atoms with van der Waals surface area (Å²) < 4.78 is 6.11. The summed E-state index contributed by atoms with van der Waals surface area (Å²) in [7, 11) is 3.33. The molecule has 362 valence electrons. The summed E-state index contributed by atoms with van der Waals surface area (Å²) >= 11 is 0. The number of carbonyl (C=O) groups excluding carboxylic acids is 6. The zero-order valence-corrected chi connectivity index (χ0v) is 40.1. The van der Waals surface area contributed by atoms with Crippen LogP contribution in [-0.4, -0.2) is 115 Å². The molecule has 0 aromatic heterocycles. The van der Waals surface area contributed by atoms with Gasteiger partial charge in [0, 0.05) is 18.7 Å². The molecule has 4 aliphatic rings. The van der Waals surface area contributed by atoms with E-state index >= 15 is 0 Å². The molecule has 0 radical (unpaired) electrons. The Bertz CT molecular complexity index is 2360. The van der Waals surface area contributed by atoms with Crippen molar-refractivity contribution >= 4 is 35.4 Å². The van der Waals surface area contributed by atoms with Crippen LogP contribution in [0.15, 0.2) is 72.8 Å². The van der Waals surface area contributed by atoms with E-state index in [1.807, 2.05) is 24.3 Å². The predicted molar refractivity (Wildman–Crippen MR) is 259 cm³/mol. The van der Waals surface area contributed by atoms with Crippen LogP contribution in [0.4, 0.5) is 0 Å². The van der Waals surface area contributed by atoms with Crippen LogP contribution in [0.2, 0.25) is 0 Å². The minimum absolute atomic E-state index is 0.0704. The minimum atomic E-state index is -1.08. The van der Waals surface area contributed by atoms with E-state index in [4.69, 9.17) is 4.74 Å². The van der Waals surface area contributed by atoms with Crippen LogP contribution >= 0.6 is 0 Å². The third-order valence-corrected chi connectivity index (χ3v) is 14.2. The second kappa shape index (κ2) is 23.3. The van der Waals surface area contributed by atoms with Crippen LogP contribution in [-0.2, 0) is 46.3 Å². The number of nitrogens with one attached hydrogen (secondary N) is 6. The zero-order chi connectivity index (χ0) is 48.3. The molecule has 2 fully saturated rings. The lowest BCUT2D eigenvalue weighted by Crippen LogP contribution is -2.59. The topological polar surface area (TPSA) is 190 Å². The van der Waals surface area contributed by atoms with E-state index in [0.717, 1.165) is 49.7 Å². The molecule has 3 aromatic carbocycles. The molecule has 3 aromatic rings. The van der Waals surface area contributed by atoms with Gasteiger partial charge in [0.05, 0.1) is 30.3 Å². The first-order valence-electron chi connectivity index (χ1n) is 24.4. The number of hydrogen-bond donors (Lipinski definition) is 6. The number of likely N-dealkylation sites (tertiary alicyclic amines) is 2. The highest BCUT2D eigenvalue weighted by Gasteiger charge is 2.42. The van der Waals surface area contributed by atoms with Gasteiger partial charge in [-0.3, -0.25) is 28.8 Å². The summed E-state index contributed by atoms with van der Waals surface area (Å²) in [5.74, 6) is 4.20. The van der Waals surface area contributed by atoms with Crippen molar-refractivity contribution in [3.8, 4) is 11.8 Å². The lowest BCUT2D eigenvalue weighted by molar-refractivity contribution is -0.145. The van der Waals surface area contributed by atoms with Gasteiger partial charge in [-0.25, -0.2) is 0 Å². The van der Waals surface area contributed by atoms with Crippen LogP contribution in [0, 0.1) is 11.8 Å². The fourth-order valence-corrected chi connectivity index (χ4v) is 9.94. The van der Waals surface area contributed by atoms with Gasteiger partial charge in [0.15, 0.2) is 0 Å². The molecule has 0 spiro atoms. The van der Waals surface area contributed by atoms with Gasteiger partial charge in [-0.1, -0.05) is 72.5 Å². The normalized spacial score (nSPS) is 21.9. The van der Waals surface area contributed by atoms with E-state index in [9.17, 15) is 28.8 Å². The lowest BCUT2D eigenvalue weighted by Gasteiger charge is -2.33. The standard InChI is InChI=1S/C53H68N8O7/c1-33(54-4)48(62)58-46(52(66)60-30-12-24-44(60)50(64)56-42-22-10-18-37-16-6-8-20-40(37)42)35(3)68-32-14-15-36-26-28-39(29-27-36)47(59-49(63)34(2)55-5)53(67)61-31-13-25-45(61)51(65)57-43-23-11-19-38-17-7-9-21-41(38)43/h6-9,16-17,20-21,26-29,33-35,42-47,54-55H,10-13,18-19,22-25,30-32H2,1-5H3,(H,56,64)(H,57,65)(H,58,62)(H,59,63)/t33-,34-,35+,42+,43+,44-,45-,46?,47-/m0/s1. The van der Waals surface area contributed by atoms with E-state index in [1.165, 1.54) is 11.1 Å². The Labute approximate surface area is 400 Å². The summed E-state index contributed by atoms with van der Waals surface area (Å²) in [4.78, 5) is 86.1. The quantitative estimate of drug-likeness (QED) is 0.117. The first-order valence-corrected chi connectivity index (χ1v) is 24.4. The molecule has 0 bridgehead atoms. The Morgan fingerprint density at radius 1 is 0.632 bits per heavy atom. The monoisotopic (exact) mass is 929 g/mol. The van der Waals surface area contributed by atoms with E-state index in [1.54, 1.807) is 68.9 Å². The molecule has 1 unspecified atom stereocenters. The molecule has 6 N–H and O–H groups in total. The molecule has 9 atom stereocenters. The molecule has 2 aliphatic heterocycles. The average Bonchev–Trinajstić information content (AvgIpc) is 4.07. The molecule has 2 aliphatic carbocycles. The highest BCUT2D eigenvalue weighted by atomic mass is 16.5. The molecule has 2 saturated heterocycles. The average molecular weight is 929 g/mol. The fourth-order valence-electron chi connectivity index (χ4n) is 9.94. The van der Waals surface area contributed by atoms with Crippen molar-refractivity contribution in [1.82, 2.24) is 41.7 Å². The zero-order valence-electron chi connectivity index (χ0n) is 40.1. The maximum absolute atomic E-state index is 14.4. The SMILES string of the molecule is CN[C@@H](C)C(=O)NC(C(=O)N1CCC[C@H]1C(=O)N[C@@H]1CCCc2ccccc21)[C@@H](C)OCC#Cc1ccc([C@H](NC(=O)[C@H](C)NC)C(=O)N2CCC[C@H]2C(=O)N[C@@H]2CCCc3ccccc32)cc1. The maximum atomic E-state index is 14.4. The minimum Gasteiger partial charge on any atom is -0.363 e. The van der Waals surface area contributed by atoms with Crippen molar-refractivity contribution in [1.29, 1.82) is 0 Å². The van der Waals surface area contributed by atoms with Gasteiger partial charge in [0.2, 0.25) is 35.4 Å². The molecule has 15 nitrogen and oxygen atoms in total. The molecule has 68 heavy (non-hydrogen) atoms. The number of fused-ring (bicyclic) bond motifs is 2. The summed E-state index contributed by atoms with van der Waals surface area (Å²) in [5.41, 5.74) is 5.86. The third-order valence-electron chi connectivity index (χ3n) is 14.2. The second-order valence-corrected chi connectivity index (χ2v) is 18.6. The number of carbonyl (C=O) groups is 6. The van der Waals surface area contributed by atoms with E-state index in [0.29, 0.717) is 49.9 Å². The Morgan fingerprint density at radius 3 is 1.66 bits per heavy atom. The number of hydrogen-bond acceptors (Lipinski definition) is 9. The number of ether oxygens (including phenoxy) is 1. The van der Waals surface area contributed by atoms with Crippen LogP contribution in [0.3, 0.4) is 0 Å². The summed E-state index contributed by atoms with van der Waals surface area (Å²) in [6.45, 7) is 5.81. The van der Waals surface area contributed by atoms with Gasteiger partial charge < -0.3 is 46.4 Å². The number of benzene rings is 3. The van der Waals surface area contributed by atoms with Crippen LogP contribution in [0.1, 0.15) is 124 Å². The Balaban J connectivity index is 1.00. The molecule has 15 heteroatoms. The van der Waals surface area contributed by atoms with E-state index < -0.39 is 48.3 Å². The Kier molecular flexibility index (Phi) is 17.1. The van der Waals surface area contributed by atoms with Crippen molar-refractivity contribution in [2.24, 2.45) is 0 Å². The first-order chi connectivity index (χ1) is 32.9. The Morgan fingerprint density at radius 2 is 1.13 bits per heavy atom. The highest BCUT2D eigenvalue weighted by molar-refractivity contribution is 5.95. The van der Waals surface area contributed by atoms with Crippen LogP contribution < -0.4 is 31.9 Å². The molecular formula is C53H68N8O7. The molecular weight excluding hydrogens is 861 g/mol. The molecule has 2 heterocycles. The van der Waals surface area contributed by atoms with Gasteiger partial charge >= 0.3 is 0 Å². The van der Waals surface area contributed by atoms with Crippen molar-refractivity contribution in [2.75, 3.05) is 33.8 Å². The van der Waals surface area contributed by atoms with Crippen LogP contribution in [0.5, 0.6) is 0 Å². The number of rotatable bonds is 16. The number of likely N-dealkylation sites (N-methyl/N-ethyl adjacent to an activating group) is 2. The first kappa shape index (κ1) is 49.8. The summed E-state index contributed by atoms with van der Waals surface area (Å²) in [6, 6.07) is 18.4. The van der Waals surface area contributed by atoms with Gasteiger partial charge in [0.25, 0.3) is 0 Å². The van der Waals surface area contributed by atoms with Gasteiger partial charge in [-0.15, -0.1) is 0 Å². The highest BCUT2D eigenvalue weighted by Crippen LogP contribution is 2.32. The largest absolute Gasteiger partial charge is 0.363 e. The fraction of sp³-hybridized carbons (Fsp3) is 0.509. The number of aryl methyl sites for hydroxylation is 2. The van der Waals surface area contributed by atoms with E-state index in [2.05, 4.69) is 68.0 Å². The number of amides is 6. The third kappa shape index (κ3) is 11.8. The lowest BCUT2D eigenvalue weighted by atomic mass is 9.87. The summed E-state index contributed by atoms with van der Waals surface area (Å²) in [6.07, 6.45) is 7.09. The Hall–Kier alpha value is -6.08. The maximum Gasteiger partial charge on any atom is 0.250 e. The number of nitrogens with zero attached hydrogens (tertiary/aromatic N) is 2. The van der Waals surface area contributed by atoms with E-state index in [-0.39, 0.29) is 48.2 Å². The van der Waals surface area contributed by atoms with Crippen molar-refractivity contribution in [3.05, 3.63) is 106 Å².